The highest BCUT2D eigenvalue weighted by atomic mass is 16.5. The number of fused-ring (bicyclic) bond motifs is 3. The molecule has 1 aliphatic carbocycles. The second kappa shape index (κ2) is 10.3. The average molecular weight is 467 g/mol. The number of carboxylic acid groups (broad SMARTS) is 1. The van der Waals surface area contributed by atoms with E-state index in [1.165, 1.54) is 4.90 Å². The van der Waals surface area contributed by atoms with Gasteiger partial charge in [-0.1, -0.05) is 48.5 Å². The summed E-state index contributed by atoms with van der Waals surface area (Å²) in [5, 5.41) is 12.1. The Morgan fingerprint density at radius 2 is 1.68 bits per heavy atom. The molecule has 2 aromatic carbocycles. The van der Waals surface area contributed by atoms with E-state index in [2.05, 4.69) is 29.6 Å². The lowest BCUT2D eigenvalue weighted by atomic mass is 9.98. The molecule has 0 aromatic heterocycles. The van der Waals surface area contributed by atoms with Gasteiger partial charge in [-0.2, -0.15) is 0 Å². The minimum Gasteiger partial charge on any atom is -0.481 e. The summed E-state index contributed by atoms with van der Waals surface area (Å²) >= 11 is 0. The number of rotatable bonds is 8. The fourth-order valence-corrected chi connectivity index (χ4v) is 4.88. The molecule has 2 N–H and O–H groups in total. The lowest BCUT2D eigenvalue weighted by Crippen LogP contribution is -2.39. The highest BCUT2D eigenvalue weighted by Crippen LogP contribution is 2.44. The standard InChI is InChI=1S/C26H30N2O6/c1-3-33-23-14-28(13-21(23)25(30)31)24(29)12-16(2)27-26(32)34-15-22-19-10-6-4-8-17(19)18-9-5-7-11-20(18)22/h4-11,16,21-23H,3,12-15H2,1-2H3,(H,27,32)(H,30,31). The number of likely N-dealkylation sites (tertiary alicyclic amines) is 1. The number of carbonyl (C=O) groups excluding carboxylic acids is 2. The van der Waals surface area contributed by atoms with Crippen LogP contribution in [0.2, 0.25) is 0 Å². The van der Waals surface area contributed by atoms with Gasteiger partial charge >= 0.3 is 12.1 Å². The number of carboxylic acids is 1. The van der Waals surface area contributed by atoms with Crippen molar-refractivity contribution in [3.63, 3.8) is 0 Å². The van der Waals surface area contributed by atoms with Gasteiger partial charge in [-0.25, -0.2) is 4.79 Å². The third kappa shape index (κ3) is 4.92. The van der Waals surface area contributed by atoms with Crippen LogP contribution in [0.3, 0.4) is 0 Å². The van der Waals surface area contributed by atoms with Crippen LogP contribution in [0.25, 0.3) is 11.1 Å². The lowest BCUT2D eigenvalue weighted by molar-refractivity contribution is -0.145. The Hall–Kier alpha value is -3.39. The Kier molecular flexibility index (Phi) is 7.17. The summed E-state index contributed by atoms with van der Waals surface area (Å²) in [4.78, 5) is 38.1. The first-order valence-corrected chi connectivity index (χ1v) is 11.6. The van der Waals surface area contributed by atoms with Gasteiger partial charge in [0.25, 0.3) is 0 Å². The zero-order valence-corrected chi connectivity index (χ0v) is 19.4. The summed E-state index contributed by atoms with van der Waals surface area (Å²) in [6.45, 7) is 4.45. The van der Waals surface area contributed by atoms with Gasteiger partial charge < -0.3 is 24.8 Å². The Bertz CT molecular complexity index is 1030. The van der Waals surface area contributed by atoms with Crippen LogP contribution in [-0.4, -0.2) is 66.4 Å². The van der Waals surface area contributed by atoms with Gasteiger partial charge in [0, 0.05) is 38.1 Å². The summed E-state index contributed by atoms with van der Waals surface area (Å²) in [5.41, 5.74) is 4.57. The number of nitrogens with zero attached hydrogens (tertiary/aromatic N) is 1. The first kappa shape index (κ1) is 23.8. The number of benzene rings is 2. The molecule has 8 nitrogen and oxygen atoms in total. The van der Waals surface area contributed by atoms with Crippen molar-refractivity contribution in [3.05, 3.63) is 59.7 Å². The molecule has 8 heteroatoms. The predicted molar refractivity (Wildman–Crippen MR) is 125 cm³/mol. The smallest absolute Gasteiger partial charge is 0.407 e. The largest absolute Gasteiger partial charge is 0.481 e. The maximum absolute atomic E-state index is 12.7. The predicted octanol–water partition coefficient (Wildman–Crippen LogP) is 3.25. The van der Waals surface area contributed by atoms with E-state index >= 15 is 0 Å². The fourth-order valence-electron chi connectivity index (χ4n) is 4.88. The quantitative estimate of drug-likeness (QED) is 0.619. The van der Waals surface area contributed by atoms with E-state index in [-0.39, 0.29) is 37.9 Å². The molecule has 0 saturated carbocycles. The van der Waals surface area contributed by atoms with Gasteiger partial charge in [0.05, 0.1) is 6.10 Å². The van der Waals surface area contributed by atoms with E-state index in [4.69, 9.17) is 9.47 Å². The molecule has 0 radical (unpaired) electrons. The number of alkyl carbamates (subject to hydrolysis) is 1. The molecule has 34 heavy (non-hydrogen) atoms. The lowest BCUT2D eigenvalue weighted by Gasteiger charge is -2.20. The van der Waals surface area contributed by atoms with Crippen molar-refractivity contribution >= 4 is 18.0 Å². The van der Waals surface area contributed by atoms with Crippen LogP contribution in [-0.2, 0) is 19.1 Å². The second-order valence-corrected chi connectivity index (χ2v) is 8.81. The molecule has 2 aromatic rings. The fraction of sp³-hybridized carbons (Fsp3) is 0.423. The topological polar surface area (TPSA) is 105 Å². The van der Waals surface area contributed by atoms with Crippen molar-refractivity contribution in [1.82, 2.24) is 10.2 Å². The van der Waals surface area contributed by atoms with Gasteiger partial charge in [-0.05, 0) is 36.1 Å². The molecule has 1 heterocycles. The van der Waals surface area contributed by atoms with E-state index in [0.29, 0.717) is 6.61 Å². The van der Waals surface area contributed by atoms with Gasteiger partial charge in [-0.15, -0.1) is 0 Å². The summed E-state index contributed by atoms with van der Waals surface area (Å²) in [6.07, 6.45) is -1.05. The third-order valence-electron chi connectivity index (χ3n) is 6.51. The minimum absolute atomic E-state index is 0.0388. The Balaban J connectivity index is 1.29. The maximum atomic E-state index is 12.7. The molecule has 4 rings (SSSR count). The van der Waals surface area contributed by atoms with Crippen LogP contribution in [0.1, 0.15) is 37.3 Å². The van der Waals surface area contributed by atoms with Gasteiger partial charge in [0.15, 0.2) is 0 Å². The molecule has 3 unspecified atom stereocenters. The summed E-state index contributed by atoms with van der Waals surface area (Å²) in [6, 6.07) is 15.8. The van der Waals surface area contributed by atoms with Crippen molar-refractivity contribution in [3.8, 4) is 11.1 Å². The van der Waals surface area contributed by atoms with Gasteiger partial charge in [-0.3, -0.25) is 9.59 Å². The molecule has 2 amide bonds. The SMILES string of the molecule is CCOC1CN(C(=O)CC(C)NC(=O)OCC2c3ccccc3-c3ccccc32)CC1C(=O)O. The van der Waals surface area contributed by atoms with Crippen molar-refractivity contribution in [2.24, 2.45) is 5.92 Å². The zero-order chi connectivity index (χ0) is 24.2. The number of carbonyl (C=O) groups is 3. The van der Waals surface area contributed by atoms with E-state index in [1.54, 1.807) is 13.8 Å². The monoisotopic (exact) mass is 466 g/mol. The van der Waals surface area contributed by atoms with E-state index in [1.807, 2.05) is 24.3 Å². The number of hydrogen-bond acceptors (Lipinski definition) is 5. The maximum Gasteiger partial charge on any atom is 0.407 e. The molecule has 0 bridgehead atoms. The van der Waals surface area contributed by atoms with Crippen LogP contribution >= 0.6 is 0 Å². The van der Waals surface area contributed by atoms with Crippen LogP contribution < -0.4 is 5.32 Å². The number of aliphatic carboxylic acids is 1. The molecule has 2 aliphatic rings. The van der Waals surface area contributed by atoms with Crippen molar-refractivity contribution in [2.45, 2.75) is 38.3 Å². The van der Waals surface area contributed by atoms with E-state index in [0.717, 1.165) is 22.3 Å². The normalized spacial score (nSPS) is 19.9. The van der Waals surface area contributed by atoms with Crippen molar-refractivity contribution in [1.29, 1.82) is 0 Å². The molecule has 3 atom stereocenters. The summed E-state index contributed by atoms with van der Waals surface area (Å²) < 4.78 is 11.0. The second-order valence-electron chi connectivity index (χ2n) is 8.81. The first-order chi connectivity index (χ1) is 16.4. The Labute approximate surface area is 198 Å². The number of nitrogens with one attached hydrogen (secondary N) is 1. The zero-order valence-electron chi connectivity index (χ0n) is 19.4. The highest BCUT2D eigenvalue weighted by molar-refractivity contribution is 5.81. The number of amides is 2. The number of ether oxygens (including phenoxy) is 2. The molecule has 1 saturated heterocycles. The van der Waals surface area contributed by atoms with Crippen LogP contribution in [0, 0.1) is 5.92 Å². The van der Waals surface area contributed by atoms with E-state index in [9.17, 15) is 19.5 Å². The summed E-state index contributed by atoms with van der Waals surface area (Å²) in [7, 11) is 0. The van der Waals surface area contributed by atoms with E-state index < -0.39 is 30.1 Å². The highest BCUT2D eigenvalue weighted by Gasteiger charge is 2.40. The van der Waals surface area contributed by atoms with Crippen molar-refractivity contribution < 1.29 is 29.0 Å². The van der Waals surface area contributed by atoms with Gasteiger partial charge in [0.1, 0.15) is 12.5 Å². The molecule has 1 fully saturated rings. The van der Waals surface area contributed by atoms with Crippen LogP contribution in [0.5, 0.6) is 0 Å². The number of hydrogen-bond donors (Lipinski definition) is 2. The van der Waals surface area contributed by atoms with Crippen LogP contribution in [0.4, 0.5) is 4.79 Å². The molecule has 0 spiro atoms. The molecular formula is C26H30N2O6. The third-order valence-corrected chi connectivity index (χ3v) is 6.51. The van der Waals surface area contributed by atoms with Gasteiger partial charge in [0.2, 0.25) is 5.91 Å². The van der Waals surface area contributed by atoms with Crippen molar-refractivity contribution in [2.75, 3.05) is 26.3 Å². The molecule has 180 valence electrons. The average Bonchev–Trinajstić information content (AvgIpc) is 3.38. The molecular weight excluding hydrogens is 436 g/mol. The van der Waals surface area contributed by atoms with Crippen LogP contribution in [0.15, 0.2) is 48.5 Å². The minimum atomic E-state index is -0.974. The Morgan fingerprint density at radius 3 is 2.26 bits per heavy atom. The Morgan fingerprint density at radius 1 is 1.06 bits per heavy atom. The summed E-state index contributed by atoms with van der Waals surface area (Å²) in [5.74, 6) is -1.98. The first-order valence-electron chi connectivity index (χ1n) is 11.6. The molecule has 1 aliphatic heterocycles.